The zero-order chi connectivity index (χ0) is 11.7. The smallest absolute Gasteiger partial charge is 0.309 e. The lowest BCUT2D eigenvalue weighted by Gasteiger charge is -2.37. The highest BCUT2D eigenvalue weighted by atomic mass is 16.4. The summed E-state index contributed by atoms with van der Waals surface area (Å²) in [6, 6.07) is 0. The van der Waals surface area contributed by atoms with Crippen LogP contribution in [0, 0.1) is 0 Å². The molecule has 0 saturated carbocycles. The van der Waals surface area contributed by atoms with E-state index in [0.29, 0.717) is 26.2 Å². The van der Waals surface area contributed by atoms with E-state index < -0.39 is 5.97 Å². The molecule has 7 heteroatoms. The van der Waals surface area contributed by atoms with E-state index >= 15 is 0 Å². The van der Waals surface area contributed by atoms with Crippen LogP contribution in [0.1, 0.15) is 6.42 Å². The molecular weight excluding hydrogens is 218 g/mol. The van der Waals surface area contributed by atoms with Crippen LogP contribution in [-0.4, -0.2) is 82.4 Å². The van der Waals surface area contributed by atoms with Gasteiger partial charge in [0.2, 0.25) is 0 Å². The first kappa shape index (κ1) is 17.7. The molecule has 7 nitrogen and oxygen atoms in total. The third-order valence-electron chi connectivity index (χ3n) is 2.52. The third-order valence-corrected chi connectivity index (χ3v) is 2.52. The molecular formula is C9H21NO6. The fourth-order valence-corrected chi connectivity index (χ4v) is 1.64. The lowest BCUT2D eigenvalue weighted by molar-refractivity contribution is -0.928. The molecule has 0 radical (unpaired) electrons. The minimum absolute atomic E-state index is 0. The van der Waals surface area contributed by atoms with E-state index in [0.717, 1.165) is 0 Å². The zero-order valence-electron chi connectivity index (χ0n) is 9.25. The van der Waals surface area contributed by atoms with Gasteiger partial charge < -0.3 is 30.4 Å². The maximum atomic E-state index is 10.5. The molecule has 0 aromatic rings. The Morgan fingerprint density at radius 2 is 1.25 bits per heavy atom. The Morgan fingerprint density at radius 1 is 0.875 bits per heavy atom. The van der Waals surface area contributed by atoms with E-state index in [1.807, 2.05) is 0 Å². The summed E-state index contributed by atoms with van der Waals surface area (Å²) in [5, 5.41) is 35.3. The molecule has 0 aromatic carbocycles. The number of hydrogen-bond acceptors (Lipinski definition) is 5. The van der Waals surface area contributed by atoms with Crippen LogP contribution in [0.2, 0.25) is 0 Å². The molecule has 16 heavy (non-hydrogen) atoms. The first-order valence-electron chi connectivity index (χ1n) is 4.99. The lowest BCUT2D eigenvalue weighted by atomic mass is 10.2. The maximum Gasteiger partial charge on any atom is 0.309 e. The maximum absolute atomic E-state index is 10.5. The molecule has 0 atom stereocenters. The highest BCUT2D eigenvalue weighted by Crippen LogP contribution is 2.07. The molecule has 0 aliphatic rings. The highest BCUT2D eigenvalue weighted by molar-refractivity contribution is 5.66. The molecule has 0 saturated heterocycles. The van der Waals surface area contributed by atoms with Gasteiger partial charge in [-0.3, -0.25) is 4.79 Å². The molecule has 0 heterocycles. The Hall–Kier alpha value is -0.730. The summed E-state index contributed by atoms with van der Waals surface area (Å²) in [6.45, 7) is 1.13. The van der Waals surface area contributed by atoms with Crippen molar-refractivity contribution >= 4 is 5.97 Å². The van der Waals surface area contributed by atoms with Crippen molar-refractivity contribution in [1.82, 2.24) is 0 Å². The largest absolute Gasteiger partial charge is 0.870 e. The summed E-state index contributed by atoms with van der Waals surface area (Å²) in [6.07, 6.45) is -0.0278. The van der Waals surface area contributed by atoms with Gasteiger partial charge in [-0.2, -0.15) is 0 Å². The summed E-state index contributed by atoms with van der Waals surface area (Å²) in [5.41, 5.74) is 0. The van der Waals surface area contributed by atoms with Crippen LogP contribution in [0.15, 0.2) is 0 Å². The van der Waals surface area contributed by atoms with Crippen molar-refractivity contribution in [3.05, 3.63) is 0 Å². The van der Waals surface area contributed by atoms with Crippen LogP contribution in [-0.2, 0) is 4.79 Å². The molecule has 0 unspecified atom stereocenters. The quantitative estimate of drug-likeness (QED) is 0.347. The Labute approximate surface area is 94.4 Å². The normalized spacial score (nSPS) is 10.9. The Balaban J connectivity index is 0. The monoisotopic (exact) mass is 239 g/mol. The number of carboxylic acids is 1. The second-order valence-corrected chi connectivity index (χ2v) is 3.55. The Morgan fingerprint density at radius 3 is 1.50 bits per heavy atom. The Bertz CT molecular complexity index is 170. The van der Waals surface area contributed by atoms with Crippen LogP contribution < -0.4 is 0 Å². The number of nitrogens with zero attached hydrogens (tertiary/aromatic N) is 1. The molecule has 0 aromatic heterocycles. The minimum Gasteiger partial charge on any atom is -0.870 e. The van der Waals surface area contributed by atoms with Gasteiger partial charge in [-0.1, -0.05) is 0 Å². The molecule has 5 N–H and O–H groups in total. The summed E-state index contributed by atoms with van der Waals surface area (Å²) in [7, 11) is 0. The van der Waals surface area contributed by atoms with E-state index in [1.165, 1.54) is 0 Å². The van der Waals surface area contributed by atoms with Crippen LogP contribution in [0.3, 0.4) is 0 Å². The van der Waals surface area contributed by atoms with Crippen molar-refractivity contribution in [2.75, 3.05) is 46.0 Å². The van der Waals surface area contributed by atoms with Gasteiger partial charge in [0.25, 0.3) is 0 Å². The second kappa shape index (κ2) is 9.49. The van der Waals surface area contributed by atoms with Crippen molar-refractivity contribution in [1.29, 1.82) is 0 Å². The molecule has 0 aliphatic heterocycles. The number of aliphatic hydroxyl groups is 3. The molecule has 0 spiro atoms. The third kappa shape index (κ3) is 6.70. The van der Waals surface area contributed by atoms with Gasteiger partial charge in [-0.05, 0) is 0 Å². The van der Waals surface area contributed by atoms with Crippen molar-refractivity contribution in [2.45, 2.75) is 6.42 Å². The van der Waals surface area contributed by atoms with Crippen LogP contribution in [0.5, 0.6) is 0 Å². The molecule has 0 rings (SSSR count). The van der Waals surface area contributed by atoms with Crippen LogP contribution in [0.25, 0.3) is 0 Å². The van der Waals surface area contributed by atoms with E-state index in [-0.39, 0.29) is 36.2 Å². The second-order valence-electron chi connectivity index (χ2n) is 3.55. The van der Waals surface area contributed by atoms with Gasteiger partial charge >= 0.3 is 5.97 Å². The van der Waals surface area contributed by atoms with Gasteiger partial charge in [0.1, 0.15) is 19.6 Å². The summed E-state index contributed by atoms with van der Waals surface area (Å²) in [4.78, 5) is 10.5. The van der Waals surface area contributed by atoms with Gasteiger partial charge in [0.15, 0.2) is 0 Å². The fraction of sp³-hybridized carbons (Fsp3) is 0.889. The topological polar surface area (TPSA) is 128 Å². The fourth-order valence-electron chi connectivity index (χ4n) is 1.64. The van der Waals surface area contributed by atoms with Crippen molar-refractivity contribution in [3.8, 4) is 0 Å². The van der Waals surface area contributed by atoms with E-state index in [1.54, 1.807) is 0 Å². The lowest BCUT2D eigenvalue weighted by Crippen LogP contribution is -2.54. The first-order valence-corrected chi connectivity index (χ1v) is 4.99. The number of carbonyl (C=O) groups is 1. The standard InChI is InChI=1S/C9H19NO5.H2O/c11-6-3-10(4-7-12,5-8-13)2-1-9(14)15;/h11-13H,1-8H2;1H2. The molecule has 98 valence electrons. The zero-order valence-corrected chi connectivity index (χ0v) is 9.25. The minimum atomic E-state index is -0.911. The summed E-state index contributed by atoms with van der Waals surface area (Å²) in [5.74, 6) is -0.911. The van der Waals surface area contributed by atoms with Crippen LogP contribution >= 0.6 is 0 Å². The number of carboxylic acid groups (broad SMARTS) is 1. The molecule has 0 fully saturated rings. The number of aliphatic carboxylic acids is 1. The predicted octanol–water partition coefficient (Wildman–Crippen LogP) is -1.92. The Kier molecular flexibility index (Phi) is 10.5. The predicted molar refractivity (Wildman–Crippen MR) is 55.2 cm³/mol. The van der Waals surface area contributed by atoms with Crippen molar-refractivity contribution in [2.24, 2.45) is 0 Å². The number of aliphatic hydroxyl groups excluding tert-OH is 3. The molecule has 0 amide bonds. The first-order chi connectivity index (χ1) is 7.10. The number of quaternary nitrogens is 1. The van der Waals surface area contributed by atoms with E-state index in [9.17, 15) is 4.79 Å². The van der Waals surface area contributed by atoms with Gasteiger partial charge in [-0.25, -0.2) is 0 Å². The van der Waals surface area contributed by atoms with Gasteiger partial charge in [0.05, 0.1) is 32.8 Å². The molecule has 0 aliphatic carbocycles. The van der Waals surface area contributed by atoms with Crippen molar-refractivity contribution < 1.29 is 35.2 Å². The number of hydrogen-bond donors (Lipinski definition) is 4. The van der Waals surface area contributed by atoms with Crippen LogP contribution in [0.4, 0.5) is 0 Å². The average molecular weight is 239 g/mol. The summed E-state index contributed by atoms with van der Waals surface area (Å²) >= 11 is 0. The van der Waals surface area contributed by atoms with Crippen molar-refractivity contribution in [3.63, 3.8) is 0 Å². The highest BCUT2D eigenvalue weighted by Gasteiger charge is 2.26. The van der Waals surface area contributed by atoms with E-state index in [4.69, 9.17) is 20.4 Å². The average Bonchev–Trinajstić information content (AvgIpc) is 2.16. The van der Waals surface area contributed by atoms with Gasteiger partial charge in [-0.15, -0.1) is 0 Å². The number of rotatable bonds is 9. The summed E-state index contributed by atoms with van der Waals surface area (Å²) < 4.78 is 0.246. The SMILES string of the molecule is O=C(O)CC[N+](CCO)(CCO)CCO.[OH-]. The molecule has 0 bridgehead atoms. The van der Waals surface area contributed by atoms with Gasteiger partial charge in [0, 0.05) is 0 Å². The van der Waals surface area contributed by atoms with E-state index in [2.05, 4.69) is 0 Å².